The van der Waals surface area contributed by atoms with Crippen LogP contribution in [0.1, 0.15) is 21.5 Å². The number of anilines is 1. The number of hydrogen-bond acceptors (Lipinski definition) is 4. The normalized spacial score (nSPS) is 11.2. The average Bonchev–Trinajstić information content (AvgIpc) is 3.32. The van der Waals surface area contributed by atoms with E-state index in [1.807, 2.05) is 31.2 Å². The van der Waals surface area contributed by atoms with Gasteiger partial charge in [-0.15, -0.1) is 0 Å². The lowest BCUT2D eigenvalue weighted by atomic mass is 10.1. The first-order valence-electron chi connectivity index (χ1n) is 10.6. The first-order valence-corrected chi connectivity index (χ1v) is 10.6. The van der Waals surface area contributed by atoms with Gasteiger partial charge in [0.1, 0.15) is 11.6 Å². The summed E-state index contributed by atoms with van der Waals surface area (Å²) in [5.74, 6) is 0.619. The van der Waals surface area contributed by atoms with Crippen LogP contribution >= 0.6 is 0 Å². The Kier molecular flexibility index (Phi) is 6.98. The summed E-state index contributed by atoms with van der Waals surface area (Å²) < 4.78 is 18.5. The molecular formula is C26H24FN5O2. The predicted molar refractivity (Wildman–Crippen MR) is 130 cm³/mol. The van der Waals surface area contributed by atoms with Gasteiger partial charge in [-0.2, -0.15) is 5.10 Å². The Morgan fingerprint density at radius 2 is 1.85 bits per heavy atom. The van der Waals surface area contributed by atoms with E-state index < -0.39 is 0 Å². The largest absolute Gasteiger partial charge is 0.497 e. The minimum absolute atomic E-state index is 0.244. The van der Waals surface area contributed by atoms with Crippen LogP contribution in [-0.2, 0) is 6.54 Å². The number of hydrogen-bond donors (Lipinski definition) is 3. The van der Waals surface area contributed by atoms with E-state index in [0.717, 1.165) is 16.7 Å². The Balaban J connectivity index is 1.57. The van der Waals surface area contributed by atoms with Crippen LogP contribution < -0.4 is 15.4 Å². The first-order chi connectivity index (χ1) is 16.5. The molecule has 0 saturated carbocycles. The molecule has 3 aromatic carbocycles. The number of guanidine groups is 1. The number of amides is 1. The van der Waals surface area contributed by atoms with Crippen LogP contribution in [0.25, 0.3) is 11.3 Å². The zero-order valence-corrected chi connectivity index (χ0v) is 18.8. The van der Waals surface area contributed by atoms with Crippen molar-refractivity contribution in [1.29, 1.82) is 0 Å². The number of nitrogens with one attached hydrogen (secondary N) is 3. The fourth-order valence-electron chi connectivity index (χ4n) is 3.29. The molecule has 0 aliphatic rings. The molecule has 34 heavy (non-hydrogen) atoms. The number of rotatable bonds is 6. The lowest BCUT2D eigenvalue weighted by molar-refractivity contribution is 0.0976. The summed E-state index contributed by atoms with van der Waals surface area (Å²) in [6, 6.07) is 22.6. The van der Waals surface area contributed by atoms with Gasteiger partial charge in [-0.3, -0.25) is 15.2 Å². The fraction of sp³-hybridized carbons (Fsp3) is 0.115. The number of H-pyrrole nitrogens is 1. The van der Waals surface area contributed by atoms with E-state index in [0.29, 0.717) is 29.4 Å². The lowest BCUT2D eigenvalue weighted by Crippen LogP contribution is -2.36. The zero-order chi connectivity index (χ0) is 23.9. The number of halogens is 1. The second-order valence-electron chi connectivity index (χ2n) is 7.58. The molecule has 7 nitrogen and oxygen atoms in total. The van der Waals surface area contributed by atoms with Gasteiger partial charge in [0.15, 0.2) is 5.82 Å². The minimum Gasteiger partial charge on any atom is -0.497 e. The highest BCUT2D eigenvalue weighted by atomic mass is 19.1. The standard InChI is InChI=1S/C26H24FN5O2/c1-17-6-3-4-7-20(17)16-28-26(30-25(33)19-8-5-9-22(14-19)34-2)29-24-15-23(31-32-24)18-10-12-21(27)13-11-18/h3-15H,16H2,1-2H3,(H3,28,29,30,31,32,33). The van der Waals surface area contributed by atoms with Crippen molar-refractivity contribution in [3.8, 4) is 17.0 Å². The quantitative estimate of drug-likeness (QED) is 0.283. The third-order valence-electron chi connectivity index (χ3n) is 5.21. The Hall–Kier alpha value is -4.46. The summed E-state index contributed by atoms with van der Waals surface area (Å²) in [5.41, 5.74) is 4.04. The first kappa shape index (κ1) is 22.7. The van der Waals surface area contributed by atoms with Gasteiger partial charge >= 0.3 is 0 Å². The highest BCUT2D eigenvalue weighted by Gasteiger charge is 2.12. The number of carbonyl (C=O) groups is 1. The van der Waals surface area contributed by atoms with E-state index >= 15 is 0 Å². The molecule has 8 heteroatoms. The monoisotopic (exact) mass is 457 g/mol. The Bertz CT molecular complexity index is 1310. The summed E-state index contributed by atoms with van der Waals surface area (Å²) >= 11 is 0. The van der Waals surface area contributed by atoms with Gasteiger partial charge in [0.25, 0.3) is 5.91 Å². The molecule has 1 heterocycles. The molecule has 4 rings (SSSR count). The summed E-state index contributed by atoms with van der Waals surface area (Å²) in [5, 5.41) is 13.1. The maximum Gasteiger partial charge on any atom is 0.258 e. The number of aromatic nitrogens is 2. The average molecular weight is 458 g/mol. The van der Waals surface area contributed by atoms with Gasteiger partial charge in [-0.1, -0.05) is 30.3 Å². The predicted octanol–water partition coefficient (Wildman–Crippen LogP) is 4.93. The zero-order valence-electron chi connectivity index (χ0n) is 18.8. The van der Waals surface area contributed by atoms with E-state index in [4.69, 9.17) is 4.74 Å². The molecule has 0 atom stereocenters. The molecule has 0 bridgehead atoms. The van der Waals surface area contributed by atoms with Gasteiger partial charge < -0.3 is 10.1 Å². The number of aliphatic imine (C=N–C) groups is 1. The summed E-state index contributed by atoms with van der Waals surface area (Å²) in [4.78, 5) is 17.5. The second kappa shape index (κ2) is 10.4. The molecule has 1 aromatic heterocycles. The van der Waals surface area contributed by atoms with Crippen LogP contribution in [-0.4, -0.2) is 29.2 Å². The molecule has 1 amide bonds. The highest BCUT2D eigenvalue weighted by molar-refractivity contribution is 6.09. The van der Waals surface area contributed by atoms with Crippen LogP contribution in [0.4, 0.5) is 10.2 Å². The van der Waals surface area contributed by atoms with Gasteiger partial charge in [0, 0.05) is 11.6 Å². The number of carbonyl (C=O) groups excluding carboxylic acids is 1. The van der Waals surface area contributed by atoms with Crippen molar-refractivity contribution in [2.45, 2.75) is 13.5 Å². The molecule has 0 radical (unpaired) electrons. The minimum atomic E-state index is -0.343. The molecular weight excluding hydrogens is 433 g/mol. The van der Waals surface area contributed by atoms with E-state index in [1.54, 1.807) is 49.6 Å². The Morgan fingerprint density at radius 1 is 1.06 bits per heavy atom. The lowest BCUT2D eigenvalue weighted by Gasteiger charge is -2.11. The van der Waals surface area contributed by atoms with Crippen LogP contribution in [0.5, 0.6) is 5.75 Å². The summed E-state index contributed by atoms with van der Waals surface area (Å²) in [7, 11) is 1.55. The molecule has 0 unspecified atom stereocenters. The number of aryl methyl sites for hydroxylation is 1. The number of aromatic amines is 1. The van der Waals surface area contributed by atoms with Crippen molar-refractivity contribution in [2.24, 2.45) is 4.99 Å². The van der Waals surface area contributed by atoms with Crippen LogP contribution in [0.3, 0.4) is 0 Å². The molecule has 0 fully saturated rings. The number of nitrogens with zero attached hydrogens (tertiary/aromatic N) is 2. The fourth-order valence-corrected chi connectivity index (χ4v) is 3.29. The van der Waals surface area contributed by atoms with E-state index in [1.165, 1.54) is 12.1 Å². The summed E-state index contributed by atoms with van der Waals surface area (Å²) in [6.07, 6.45) is 0. The number of methoxy groups -OCH3 is 1. The van der Waals surface area contributed by atoms with E-state index in [9.17, 15) is 9.18 Å². The van der Waals surface area contributed by atoms with Crippen molar-refractivity contribution in [1.82, 2.24) is 15.5 Å². The van der Waals surface area contributed by atoms with Crippen molar-refractivity contribution < 1.29 is 13.9 Å². The summed E-state index contributed by atoms with van der Waals surface area (Å²) in [6.45, 7) is 2.37. The Labute approximate surface area is 196 Å². The molecule has 0 saturated heterocycles. The molecule has 0 aliphatic carbocycles. The third kappa shape index (κ3) is 5.66. The van der Waals surface area contributed by atoms with Crippen molar-refractivity contribution in [3.05, 3.63) is 101 Å². The Morgan fingerprint density at radius 3 is 2.62 bits per heavy atom. The SMILES string of the molecule is COc1cccc(C(=O)NC(=NCc2ccccc2C)Nc2cc(-c3ccc(F)cc3)[nH]n2)c1. The van der Waals surface area contributed by atoms with Gasteiger partial charge in [0.2, 0.25) is 5.96 Å². The molecule has 0 aliphatic heterocycles. The number of ether oxygens (including phenoxy) is 1. The van der Waals surface area contributed by atoms with E-state index in [-0.39, 0.29) is 17.7 Å². The van der Waals surface area contributed by atoms with E-state index in [2.05, 4.69) is 25.8 Å². The smallest absolute Gasteiger partial charge is 0.258 e. The van der Waals surface area contributed by atoms with Crippen LogP contribution in [0.2, 0.25) is 0 Å². The molecule has 4 aromatic rings. The van der Waals surface area contributed by atoms with Gasteiger partial charge in [-0.25, -0.2) is 9.38 Å². The van der Waals surface area contributed by atoms with Gasteiger partial charge in [0.05, 0.1) is 19.3 Å². The van der Waals surface area contributed by atoms with Gasteiger partial charge in [-0.05, 0) is 66.1 Å². The van der Waals surface area contributed by atoms with Crippen LogP contribution in [0.15, 0.2) is 83.9 Å². The van der Waals surface area contributed by atoms with Crippen molar-refractivity contribution >= 4 is 17.7 Å². The maximum atomic E-state index is 13.2. The highest BCUT2D eigenvalue weighted by Crippen LogP contribution is 2.20. The molecule has 0 spiro atoms. The van der Waals surface area contributed by atoms with Crippen molar-refractivity contribution in [3.63, 3.8) is 0 Å². The van der Waals surface area contributed by atoms with Crippen LogP contribution in [0, 0.1) is 12.7 Å². The third-order valence-corrected chi connectivity index (χ3v) is 5.21. The second-order valence-corrected chi connectivity index (χ2v) is 7.58. The van der Waals surface area contributed by atoms with Crippen molar-refractivity contribution in [2.75, 3.05) is 12.4 Å². The molecule has 172 valence electrons. The number of benzene rings is 3. The maximum absolute atomic E-state index is 13.2. The topological polar surface area (TPSA) is 91.4 Å². The molecule has 3 N–H and O–H groups in total.